The van der Waals surface area contributed by atoms with Crippen molar-refractivity contribution in [1.82, 2.24) is 19.8 Å². The van der Waals surface area contributed by atoms with Gasteiger partial charge in [-0.25, -0.2) is 19.6 Å². The normalized spacial score (nSPS) is 15.4. The van der Waals surface area contributed by atoms with Crippen molar-refractivity contribution in [2.75, 3.05) is 26.4 Å². The SMILES string of the molecule is CC(C)c1ccc(Oc2cc3c4c(cc(Oc5ccc(C(C)C)cc5)c5c6c(Oc7ccc(C(C)C)cc7)cc7c8c(cc(Oc9ccc(C(C)C)cc9)c(c2c45)c86)C(=O)N(C(C(=O)Oc2cc(OCC4CO4)ccn2)c2ccc4c(c2)oc2ccccc24)C7=O)C(=O)N(C(C(=O)Oc2cc(OCC4CO4)ccn2)c2ccc4c(c2)oc2ccccc24)C3=O)cc1. The second kappa shape index (κ2) is 31.1. The van der Waals surface area contributed by atoms with E-state index < -0.39 is 47.7 Å². The summed E-state index contributed by atoms with van der Waals surface area (Å²) in [6.45, 7) is 18.1. The van der Waals surface area contributed by atoms with E-state index in [9.17, 15) is 0 Å². The third-order valence-corrected chi connectivity index (χ3v) is 24.0. The zero-order valence-corrected chi connectivity index (χ0v) is 69.7. The molecule has 22 heteroatoms. The minimum Gasteiger partial charge on any atom is -0.491 e. The van der Waals surface area contributed by atoms with E-state index in [-0.39, 0.29) is 160 Å². The van der Waals surface area contributed by atoms with Gasteiger partial charge >= 0.3 is 11.9 Å². The summed E-state index contributed by atoms with van der Waals surface area (Å²) < 4.78 is 78.3. The molecule has 0 aliphatic carbocycles. The molecule has 126 heavy (non-hydrogen) atoms. The summed E-state index contributed by atoms with van der Waals surface area (Å²) in [5, 5.41) is 4.39. The number of hydrogen-bond acceptors (Lipinski definition) is 20. The smallest absolute Gasteiger partial charge is 0.340 e. The number of epoxide rings is 2. The minimum atomic E-state index is -1.88. The van der Waals surface area contributed by atoms with Crippen LogP contribution in [0.15, 0.2) is 252 Å². The second-order valence-corrected chi connectivity index (χ2v) is 33.5. The molecule has 624 valence electrons. The molecule has 0 bridgehead atoms. The van der Waals surface area contributed by atoms with E-state index in [4.69, 9.17) is 56.2 Å². The topological polar surface area (TPSA) is 260 Å². The zero-order chi connectivity index (χ0) is 86.2. The molecule has 17 aromatic rings. The molecule has 8 heterocycles. The van der Waals surface area contributed by atoms with Gasteiger partial charge in [0, 0.05) is 89.2 Å². The molecule has 4 unspecified atom stereocenters. The molecule has 4 aliphatic heterocycles. The summed E-state index contributed by atoms with van der Waals surface area (Å²) in [6, 6.07) is 63.6. The Hall–Kier alpha value is -15.0. The van der Waals surface area contributed by atoms with Crippen molar-refractivity contribution in [3.63, 3.8) is 0 Å². The van der Waals surface area contributed by atoms with Gasteiger partial charge in [0.1, 0.15) is 105 Å². The Morgan fingerprint density at radius 2 is 0.627 bits per heavy atom. The number of furan rings is 2. The van der Waals surface area contributed by atoms with Crippen LogP contribution in [-0.4, -0.2) is 94.0 Å². The number of imide groups is 2. The number of hydrogen-bond donors (Lipinski definition) is 0. The first-order valence-corrected chi connectivity index (χ1v) is 42.1. The fraction of sp³-hybridized carbons (Fsp3) is 0.192. The lowest BCUT2D eigenvalue weighted by Gasteiger charge is -2.35. The highest BCUT2D eigenvalue weighted by molar-refractivity contribution is 6.45. The number of ether oxygens (including phenoxy) is 10. The maximum Gasteiger partial charge on any atom is 0.340 e. The predicted molar refractivity (Wildman–Crippen MR) is 474 cm³/mol. The first-order valence-electron chi connectivity index (χ1n) is 42.1. The van der Waals surface area contributed by atoms with E-state index >= 15 is 28.8 Å². The number of rotatable bonds is 26. The molecule has 0 saturated carbocycles. The third kappa shape index (κ3) is 14.0. The number of benzene rings is 13. The quantitative estimate of drug-likeness (QED) is 0.0160. The Morgan fingerprint density at radius 3 is 0.929 bits per heavy atom. The molecular weight excluding hydrogens is 1590 g/mol. The van der Waals surface area contributed by atoms with Crippen molar-refractivity contribution in [1.29, 1.82) is 0 Å². The standard InChI is InChI=1S/C104H80N4O18/c1-53(2)57-17-27-63(28-18-57)119-83-45-75-89-76(100(110)107(99(75)109)97(61-25-35-73-71-13-9-11-15-79(71)123-81(73)41-61)103(113)125-87-43-67(37-39-105-87)115-49-69-51-117-69)47-85(121-65-31-21-59(22-32-65)55(5)6)93-94-86(122-66-33-23-60(24-34-66)56(7)8)48-78-90-77(46-84(92(96(90)94)91(83)95(89)93)120-64-29-19-58(20-30-64)54(3)4)101(111)108(102(78)112)98(62-26-36-74-72-14-10-12-16-80(72)124-82(74)42-62)104(114)126-88-44-68(38-40-106-88)116-50-70-52-118-70/h9-48,53-56,69-70,97-98H,49-52H2,1-8H3. The highest BCUT2D eigenvalue weighted by Gasteiger charge is 2.49. The van der Waals surface area contributed by atoms with Gasteiger partial charge in [-0.05, 0) is 166 Å². The van der Waals surface area contributed by atoms with Gasteiger partial charge in [-0.3, -0.25) is 29.0 Å². The molecule has 4 aromatic heterocycles. The molecule has 0 spiro atoms. The summed E-state index contributed by atoms with van der Waals surface area (Å²) in [4.78, 5) is 112. The number of amides is 4. The van der Waals surface area contributed by atoms with Crippen molar-refractivity contribution >= 4 is 123 Å². The van der Waals surface area contributed by atoms with Crippen LogP contribution in [0.3, 0.4) is 0 Å². The maximum absolute atomic E-state index is 17.2. The predicted octanol–water partition coefficient (Wildman–Crippen LogP) is 23.4. The molecule has 22 nitrogen and oxygen atoms in total. The lowest BCUT2D eigenvalue weighted by molar-refractivity contribution is -0.140. The van der Waals surface area contributed by atoms with Gasteiger partial charge < -0.3 is 56.2 Å². The van der Waals surface area contributed by atoms with Crippen LogP contribution in [-0.2, 0) is 19.1 Å². The van der Waals surface area contributed by atoms with Crippen LogP contribution in [0.5, 0.6) is 69.3 Å². The molecule has 2 saturated heterocycles. The molecule has 13 aromatic carbocycles. The minimum absolute atomic E-state index is 0.00412. The number of carbonyl (C=O) groups is 6. The Bertz CT molecular complexity index is 6680. The average Bonchev–Trinajstić information content (AvgIpc) is 0.945. The van der Waals surface area contributed by atoms with Crippen molar-refractivity contribution in [3.8, 4) is 69.3 Å². The Balaban J connectivity index is 0.854. The second-order valence-electron chi connectivity index (χ2n) is 33.5. The largest absolute Gasteiger partial charge is 0.491 e. The fourth-order valence-electron chi connectivity index (χ4n) is 17.2. The summed E-state index contributed by atoms with van der Waals surface area (Å²) >= 11 is 0. The van der Waals surface area contributed by atoms with E-state index in [2.05, 4.69) is 65.4 Å². The molecule has 0 N–H and O–H groups in total. The highest BCUT2D eigenvalue weighted by Crippen LogP contribution is 2.59. The van der Waals surface area contributed by atoms with E-state index in [0.29, 0.717) is 80.8 Å². The fourth-order valence-corrected chi connectivity index (χ4v) is 17.2. The lowest BCUT2D eigenvalue weighted by Crippen LogP contribution is -2.47. The van der Waals surface area contributed by atoms with Crippen LogP contribution in [0.4, 0.5) is 0 Å². The third-order valence-electron chi connectivity index (χ3n) is 24.0. The van der Waals surface area contributed by atoms with Gasteiger partial charge in [-0.15, -0.1) is 0 Å². The van der Waals surface area contributed by atoms with Crippen LogP contribution in [0.2, 0.25) is 0 Å². The van der Waals surface area contributed by atoms with Gasteiger partial charge in [0.15, 0.2) is 12.1 Å². The van der Waals surface area contributed by atoms with Crippen LogP contribution < -0.4 is 37.9 Å². The number of esters is 2. The number of aromatic nitrogens is 2. The average molecular weight is 1670 g/mol. The monoisotopic (exact) mass is 1670 g/mol. The van der Waals surface area contributed by atoms with E-state index in [1.54, 1.807) is 72.8 Å². The van der Waals surface area contributed by atoms with Crippen molar-refractivity contribution in [2.45, 2.75) is 103 Å². The summed E-state index contributed by atoms with van der Waals surface area (Å²) in [5.74, 6) is -4.11. The van der Waals surface area contributed by atoms with Gasteiger partial charge in [-0.1, -0.05) is 165 Å². The van der Waals surface area contributed by atoms with Gasteiger partial charge in [0.05, 0.1) is 35.5 Å². The van der Waals surface area contributed by atoms with Gasteiger partial charge in [0.25, 0.3) is 23.6 Å². The van der Waals surface area contributed by atoms with Crippen molar-refractivity contribution < 1.29 is 85.0 Å². The van der Waals surface area contributed by atoms with Crippen LogP contribution in [0.1, 0.15) is 166 Å². The summed E-state index contributed by atoms with van der Waals surface area (Å²) in [5.41, 5.74) is 5.57. The molecule has 21 rings (SSSR count). The Morgan fingerprint density at radius 1 is 0.333 bits per heavy atom. The summed E-state index contributed by atoms with van der Waals surface area (Å²) in [6.07, 6.45) is 2.61. The van der Waals surface area contributed by atoms with Crippen molar-refractivity contribution in [2.24, 2.45) is 0 Å². The molecule has 4 aliphatic rings. The van der Waals surface area contributed by atoms with Gasteiger partial charge in [0.2, 0.25) is 11.8 Å². The Kier molecular flexibility index (Phi) is 19.3. The molecule has 2 fully saturated rings. The van der Waals surface area contributed by atoms with E-state index in [0.717, 1.165) is 42.8 Å². The number of fused-ring (bicyclic) bond motifs is 8. The van der Waals surface area contributed by atoms with E-state index in [1.165, 1.54) is 24.5 Å². The first kappa shape index (κ1) is 78.3. The van der Waals surface area contributed by atoms with Crippen LogP contribution in [0.25, 0.3) is 87.0 Å². The molecule has 4 amide bonds. The number of carbonyl (C=O) groups excluding carboxylic acids is 6. The Labute approximate surface area is 720 Å². The summed E-state index contributed by atoms with van der Waals surface area (Å²) in [7, 11) is 0. The molecular formula is C104H80N4O18. The van der Waals surface area contributed by atoms with Crippen LogP contribution >= 0.6 is 0 Å². The van der Waals surface area contributed by atoms with Gasteiger partial charge in [-0.2, -0.15) is 0 Å². The zero-order valence-electron chi connectivity index (χ0n) is 69.7. The lowest BCUT2D eigenvalue weighted by atomic mass is 9.80. The number of pyridine rings is 2. The van der Waals surface area contributed by atoms with Crippen molar-refractivity contribution in [3.05, 3.63) is 299 Å². The maximum atomic E-state index is 17.2. The highest BCUT2D eigenvalue weighted by atomic mass is 16.6. The first-order chi connectivity index (χ1) is 61.2. The number of para-hydroxylation sites is 2. The molecule has 0 radical (unpaired) electrons. The molecule has 4 atom stereocenters. The van der Waals surface area contributed by atoms with E-state index in [1.807, 2.05) is 146 Å². The number of nitrogens with zero attached hydrogens (tertiary/aromatic N) is 4. The van der Waals surface area contributed by atoms with Crippen LogP contribution in [0, 0.1) is 0 Å².